The van der Waals surface area contributed by atoms with Gasteiger partial charge in [-0.3, -0.25) is 14.5 Å². The number of hydrogen-bond donors (Lipinski definition) is 1. The summed E-state index contributed by atoms with van der Waals surface area (Å²) in [4.78, 5) is 25.0. The molecule has 0 atom stereocenters. The van der Waals surface area contributed by atoms with Gasteiger partial charge in [0.1, 0.15) is 11.6 Å². The smallest absolute Gasteiger partial charge is 0.306 e. The first-order valence-corrected chi connectivity index (χ1v) is 9.15. The van der Waals surface area contributed by atoms with E-state index in [1.54, 1.807) is 30.3 Å². The molecule has 2 aromatic carbocycles. The highest BCUT2D eigenvalue weighted by Gasteiger charge is 2.33. The zero-order valence-corrected chi connectivity index (χ0v) is 15.6. The van der Waals surface area contributed by atoms with E-state index in [9.17, 15) is 14.0 Å². The van der Waals surface area contributed by atoms with Crippen LogP contribution in [0, 0.1) is 5.82 Å². The number of ether oxygens (including phenoxy) is 1. The molecule has 1 N–H and O–H groups in total. The molecule has 0 aromatic heterocycles. The average Bonchev–Trinajstić information content (AvgIpc) is 2.89. The molecule has 0 aliphatic carbocycles. The number of benzene rings is 2. The van der Waals surface area contributed by atoms with Crippen LogP contribution in [0.5, 0.6) is 5.75 Å². The maximum atomic E-state index is 13.1. The van der Waals surface area contributed by atoms with E-state index >= 15 is 0 Å². The molecule has 1 saturated heterocycles. The lowest BCUT2D eigenvalue weighted by Crippen LogP contribution is -2.27. The summed E-state index contributed by atoms with van der Waals surface area (Å²) in [6.07, 6.45) is 1.59. The molecule has 1 aliphatic heterocycles. The Morgan fingerprint density at radius 1 is 1.26 bits per heavy atom. The molecule has 1 heterocycles. The van der Waals surface area contributed by atoms with E-state index in [1.807, 2.05) is 0 Å². The van der Waals surface area contributed by atoms with Gasteiger partial charge in [0, 0.05) is 0 Å². The minimum Gasteiger partial charge on any atom is -0.493 e. The van der Waals surface area contributed by atoms with Crippen LogP contribution < -0.4 is 9.64 Å². The van der Waals surface area contributed by atoms with Crippen molar-refractivity contribution >= 4 is 51.9 Å². The van der Waals surface area contributed by atoms with Gasteiger partial charge in [-0.1, -0.05) is 36.1 Å². The van der Waals surface area contributed by atoms with Crippen molar-refractivity contribution in [3.05, 3.63) is 64.8 Å². The number of thiocarbonyl (C=S) groups is 1. The first kappa shape index (κ1) is 19.1. The molecule has 1 fully saturated rings. The number of nitrogens with zero attached hydrogens (tertiary/aromatic N) is 1. The van der Waals surface area contributed by atoms with Gasteiger partial charge in [0.05, 0.1) is 23.6 Å². The Labute approximate surface area is 164 Å². The molecule has 3 rings (SSSR count). The Morgan fingerprint density at radius 2 is 2.00 bits per heavy atom. The summed E-state index contributed by atoms with van der Waals surface area (Å²) in [5.74, 6) is -1.09. The molecule has 1 aliphatic rings. The topological polar surface area (TPSA) is 66.8 Å². The van der Waals surface area contributed by atoms with E-state index in [0.717, 1.165) is 17.3 Å². The maximum absolute atomic E-state index is 13.1. The van der Waals surface area contributed by atoms with Gasteiger partial charge >= 0.3 is 5.97 Å². The summed E-state index contributed by atoms with van der Waals surface area (Å²) in [5, 5.41) is 8.66. The standard InChI is InChI=1S/C19H14FNO4S2/c20-13-4-6-14(7-5-13)21-18(24)16(27-19(21)26)11-12-2-1-3-15(10-12)25-9-8-17(22)23/h1-7,10-11H,8-9H2,(H,22,23)/b16-11+. The zero-order valence-electron chi connectivity index (χ0n) is 13.9. The first-order chi connectivity index (χ1) is 12.9. The third-order valence-corrected chi connectivity index (χ3v) is 4.92. The van der Waals surface area contributed by atoms with Gasteiger partial charge in [0.15, 0.2) is 4.32 Å². The Morgan fingerprint density at radius 3 is 2.70 bits per heavy atom. The number of amides is 1. The van der Waals surface area contributed by atoms with E-state index < -0.39 is 5.97 Å². The van der Waals surface area contributed by atoms with Crippen LogP contribution in [0.25, 0.3) is 6.08 Å². The minimum atomic E-state index is -0.935. The van der Waals surface area contributed by atoms with Crippen LogP contribution >= 0.6 is 24.0 Å². The van der Waals surface area contributed by atoms with E-state index in [-0.39, 0.29) is 24.8 Å². The lowest BCUT2D eigenvalue weighted by atomic mass is 10.2. The lowest BCUT2D eigenvalue weighted by Gasteiger charge is -2.14. The molecule has 0 saturated carbocycles. The molecule has 0 radical (unpaired) electrons. The number of carboxylic acids is 1. The average molecular weight is 403 g/mol. The number of anilines is 1. The molecule has 2 aromatic rings. The van der Waals surface area contributed by atoms with Crippen molar-refractivity contribution in [2.75, 3.05) is 11.5 Å². The normalized spacial score (nSPS) is 15.4. The molecule has 0 spiro atoms. The summed E-state index contributed by atoms with van der Waals surface area (Å²) in [7, 11) is 0. The van der Waals surface area contributed by atoms with Crippen molar-refractivity contribution in [3.8, 4) is 5.75 Å². The molecular formula is C19H14FNO4S2. The van der Waals surface area contributed by atoms with Crippen LogP contribution in [-0.2, 0) is 9.59 Å². The van der Waals surface area contributed by atoms with E-state index in [4.69, 9.17) is 22.1 Å². The number of hydrogen-bond acceptors (Lipinski definition) is 5. The fourth-order valence-electron chi connectivity index (χ4n) is 2.38. The number of carbonyl (C=O) groups excluding carboxylic acids is 1. The lowest BCUT2D eigenvalue weighted by molar-refractivity contribution is -0.137. The number of halogens is 1. The summed E-state index contributed by atoms with van der Waals surface area (Å²) in [6, 6.07) is 12.5. The Hall–Kier alpha value is -2.71. The van der Waals surface area contributed by atoms with Crippen LogP contribution in [0.15, 0.2) is 53.4 Å². The van der Waals surface area contributed by atoms with E-state index in [1.165, 1.54) is 29.2 Å². The largest absolute Gasteiger partial charge is 0.493 e. The summed E-state index contributed by atoms with van der Waals surface area (Å²) in [5.41, 5.74) is 1.23. The molecule has 5 nitrogen and oxygen atoms in total. The predicted octanol–water partition coefficient (Wildman–Crippen LogP) is 4.09. The third kappa shape index (κ3) is 4.72. The number of carboxylic acid groups (broad SMARTS) is 1. The van der Waals surface area contributed by atoms with Crippen molar-refractivity contribution in [3.63, 3.8) is 0 Å². The molecule has 0 bridgehead atoms. The van der Waals surface area contributed by atoms with Crippen molar-refractivity contribution in [2.45, 2.75) is 6.42 Å². The number of rotatable bonds is 6. The van der Waals surface area contributed by atoms with Crippen LogP contribution in [0.3, 0.4) is 0 Å². The summed E-state index contributed by atoms with van der Waals surface area (Å²) in [6.45, 7) is 0.0610. The predicted molar refractivity (Wildman–Crippen MR) is 106 cm³/mol. The third-order valence-electron chi connectivity index (χ3n) is 3.62. The second kappa shape index (κ2) is 8.32. The molecule has 138 valence electrons. The minimum absolute atomic E-state index is 0.0610. The van der Waals surface area contributed by atoms with Crippen molar-refractivity contribution in [1.29, 1.82) is 0 Å². The zero-order chi connectivity index (χ0) is 19.4. The fraction of sp³-hybridized carbons (Fsp3) is 0.105. The highest BCUT2D eigenvalue weighted by molar-refractivity contribution is 8.27. The van der Waals surface area contributed by atoms with Crippen molar-refractivity contribution in [2.24, 2.45) is 0 Å². The Bertz CT molecular complexity index is 928. The van der Waals surface area contributed by atoms with Crippen LogP contribution in [0.1, 0.15) is 12.0 Å². The van der Waals surface area contributed by atoms with Gasteiger partial charge in [0.25, 0.3) is 5.91 Å². The van der Waals surface area contributed by atoms with E-state index in [2.05, 4.69) is 0 Å². The van der Waals surface area contributed by atoms with Gasteiger partial charge < -0.3 is 9.84 Å². The van der Waals surface area contributed by atoms with Gasteiger partial charge in [-0.2, -0.15) is 0 Å². The van der Waals surface area contributed by atoms with Crippen LogP contribution in [0.2, 0.25) is 0 Å². The van der Waals surface area contributed by atoms with Gasteiger partial charge in [-0.25, -0.2) is 4.39 Å². The van der Waals surface area contributed by atoms with Crippen LogP contribution in [0.4, 0.5) is 10.1 Å². The second-order valence-electron chi connectivity index (χ2n) is 5.56. The quantitative estimate of drug-likeness (QED) is 0.579. The number of aliphatic carboxylic acids is 1. The Balaban J connectivity index is 1.77. The van der Waals surface area contributed by atoms with Crippen molar-refractivity contribution < 1.29 is 23.8 Å². The fourth-order valence-corrected chi connectivity index (χ4v) is 3.68. The van der Waals surface area contributed by atoms with E-state index in [0.29, 0.717) is 20.7 Å². The van der Waals surface area contributed by atoms with Crippen LogP contribution in [-0.4, -0.2) is 27.9 Å². The van der Waals surface area contributed by atoms with Gasteiger partial charge in [-0.15, -0.1) is 0 Å². The number of carbonyl (C=O) groups is 2. The highest BCUT2D eigenvalue weighted by atomic mass is 32.2. The summed E-state index contributed by atoms with van der Waals surface area (Å²) >= 11 is 6.45. The highest BCUT2D eigenvalue weighted by Crippen LogP contribution is 2.36. The molecular weight excluding hydrogens is 389 g/mol. The molecule has 27 heavy (non-hydrogen) atoms. The van der Waals surface area contributed by atoms with Gasteiger partial charge in [0.2, 0.25) is 0 Å². The van der Waals surface area contributed by atoms with Crippen molar-refractivity contribution in [1.82, 2.24) is 0 Å². The molecule has 8 heteroatoms. The molecule has 0 unspecified atom stereocenters. The Kier molecular flexibility index (Phi) is 5.88. The monoisotopic (exact) mass is 403 g/mol. The summed E-state index contributed by atoms with van der Waals surface area (Å²) < 4.78 is 18.9. The first-order valence-electron chi connectivity index (χ1n) is 7.92. The SMILES string of the molecule is O=C(O)CCOc1cccc(/C=C2/SC(=S)N(c3ccc(F)cc3)C2=O)c1. The number of thioether (sulfide) groups is 1. The van der Waals surface area contributed by atoms with Gasteiger partial charge in [-0.05, 0) is 48.0 Å². The molecule has 1 amide bonds. The second-order valence-corrected chi connectivity index (χ2v) is 7.23. The maximum Gasteiger partial charge on any atom is 0.306 e.